The molecule has 1 aliphatic heterocycles. The molecule has 1 fully saturated rings. The average molecular weight is 333 g/mol. The van der Waals surface area contributed by atoms with Crippen LogP contribution in [0.25, 0.3) is 0 Å². The maximum absolute atomic E-state index is 9.26. The van der Waals surface area contributed by atoms with Crippen molar-refractivity contribution < 1.29 is 19.5 Å². The third-order valence-corrected chi connectivity index (χ3v) is 4.25. The molecular formula is C17H18BClO4. The van der Waals surface area contributed by atoms with E-state index in [1.807, 2.05) is 24.3 Å². The van der Waals surface area contributed by atoms with Crippen LogP contribution in [0.5, 0.6) is 5.75 Å². The van der Waals surface area contributed by atoms with Gasteiger partial charge in [-0.25, -0.2) is 0 Å². The van der Waals surface area contributed by atoms with Gasteiger partial charge in [0.2, 0.25) is 0 Å². The number of halogens is 1. The molecule has 3 rings (SSSR count). The molecule has 0 spiro atoms. The fraction of sp³-hybridized carbons (Fsp3) is 0.294. The topological polar surface area (TPSA) is 58.9 Å². The first-order chi connectivity index (χ1) is 11.1. The van der Waals surface area contributed by atoms with Crippen LogP contribution in [-0.4, -0.2) is 36.5 Å². The van der Waals surface area contributed by atoms with E-state index in [-0.39, 0.29) is 6.10 Å². The first-order valence-electron chi connectivity index (χ1n) is 7.59. The van der Waals surface area contributed by atoms with Crippen molar-refractivity contribution in [3.8, 4) is 5.75 Å². The highest BCUT2D eigenvalue weighted by molar-refractivity contribution is 6.58. The lowest BCUT2D eigenvalue weighted by Gasteiger charge is -2.12. The molecule has 0 amide bonds. The SMILES string of the molecule is OB(O)c1ccc(Cl)c(Cc2ccc(O[C@H]3CCOC3)cc2)c1. The molecule has 1 aliphatic rings. The van der Waals surface area contributed by atoms with Crippen LogP contribution in [0, 0.1) is 0 Å². The fourth-order valence-corrected chi connectivity index (χ4v) is 2.78. The predicted octanol–water partition coefficient (Wildman–Crippen LogP) is 1.78. The summed E-state index contributed by atoms with van der Waals surface area (Å²) in [6.45, 7) is 1.40. The fourth-order valence-electron chi connectivity index (χ4n) is 2.59. The molecule has 4 nitrogen and oxygen atoms in total. The summed E-state index contributed by atoms with van der Waals surface area (Å²) in [7, 11) is -1.49. The van der Waals surface area contributed by atoms with Gasteiger partial charge >= 0.3 is 7.12 Å². The van der Waals surface area contributed by atoms with Gasteiger partial charge in [0.25, 0.3) is 0 Å². The van der Waals surface area contributed by atoms with E-state index in [0.29, 0.717) is 23.5 Å². The molecule has 0 radical (unpaired) electrons. The van der Waals surface area contributed by atoms with Gasteiger partial charge in [-0.05, 0) is 41.2 Å². The number of hydrogen-bond donors (Lipinski definition) is 2. The monoisotopic (exact) mass is 332 g/mol. The molecule has 6 heteroatoms. The van der Waals surface area contributed by atoms with Crippen LogP contribution in [0.15, 0.2) is 42.5 Å². The molecule has 120 valence electrons. The van der Waals surface area contributed by atoms with Gasteiger partial charge in [-0.2, -0.15) is 0 Å². The van der Waals surface area contributed by atoms with Crippen molar-refractivity contribution in [2.45, 2.75) is 18.9 Å². The summed E-state index contributed by atoms with van der Waals surface area (Å²) >= 11 is 6.19. The highest BCUT2D eigenvalue weighted by atomic mass is 35.5. The molecule has 0 aliphatic carbocycles. The molecule has 2 N–H and O–H groups in total. The van der Waals surface area contributed by atoms with Crippen LogP contribution >= 0.6 is 11.6 Å². The molecule has 2 aromatic rings. The third-order valence-electron chi connectivity index (χ3n) is 3.88. The Labute approximate surface area is 140 Å². The van der Waals surface area contributed by atoms with Gasteiger partial charge in [-0.1, -0.05) is 35.9 Å². The first kappa shape index (κ1) is 16.3. The minimum Gasteiger partial charge on any atom is -0.488 e. The Morgan fingerprint density at radius 3 is 2.61 bits per heavy atom. The second-order valence-corrected chi connectivity index (χ2v) is 6.06. The van der Waals surface area contributed by atoms with Gasteiger partial charge in [0.15, 0.2) is 0 Å². The number of benzene rings is 2. The smallest absolute Gasteiger partial charge is 0.488 e. The van der Waals surface area contributed by atoms with Gasteiger partial charge in [0.05, 0.1) is 13.2 Å². The van der Waals surface area contributed by atoms with Gasteiger partial charge in [-0.3, -0.25) is 0 Å². The van der Waals surface area contributed by atoms with Crippen molar-refractivity contribution in [1.29, 1.82) is 0 Å². The Hall–Kier alpha value is -1.53. The predicted molar refractivity (Wildman–Crippen MR) is 90.4 cm³/mol. The van der Waals surface area contributed by atoms with Gasteiger partial charge in [0, 0.05) is 11.4 Å². The quantitative estimate of drug-likeness (QED) is 0.820. The van der Waals surface area contributed by atoms with Crippen LogP contribution < -0.4 is 10.2 Å². The van der Waals surface area contributed by atoms with Crippen LogP contribution in [-0.2, 0) is 11.2 Å². The Morgan fingerprint density at radius 2 is 1.96 bits per heavy atom. The summed E-state index contributed by atoms with van der Waals surface area (Å²) in [5.74, 6) is 0.829. The minimum atomic E-state index is -1.49. The van der Waals surface area contributed by atoms with E-state index in [1.165, 1.54) is 0 Å². The Balaban J connectivity index is 1.69. The molecule has 0 unspecified atom stereocenters. The van der Waals surface area contributed by atoms with Gasteiger partial charge in [-0.15, -0.1) is 0 Å². The number of hydrogen-bond acceptors (Lipinski definition) is 4. The molecule has 0 aromatic heterocycles. The van der Waals surface area contributed by atoms with Crippen molar-refractivity contribution in [3.05, 3.63) is 58.6 Å². The van der Waals surface area contributed by atoms with E-state index in [4.69, 9.17) is 21.1 Å². The standard InChI is InChI=1S/C17H18BClO4/c19-17-6-3-14(18(20)21)10-13(17)9-12-1-4-15(5-2-12)23-16-7-8-22-11-16/h1-6,10,16,20-21H,7-9,11H2/t16-/m0/s1. The average Bonchev–Trinajstić information content (AvgIpc) is 3.04. The third kappa shape index (κ3) is 4.27. The first-order valence-corrected chi connectivity index (χ1v) is 7.97. The second-order valence-electron chi connectivity index (χ2n) is 5.65. The van der Waals surface area contributed by atoms with Crippen LogP contribution in [0.2, 0.25) is 5.02 Å². The molecular weight excluding hydrogens is 314 g/mol. The molecule has 2 aromatic carbocycles. The van der Waals surface area contributed by atoms with Crippen molar-refractivity contribution in [1.82, 2.24) is 0 Å². The van der Waals surface area contributed by atoms with E-state index in [1.54, 1.807) is 18.2 Å². The Kier molecular flexibility index (Phi) is 5.23. The zero-order valence-corrected chi connectivity index (χ0v) is 13.4. The number of ether oxygens (including phenoxy) is 2. The summed E-state index contributed by atoms with van der Waals surface area (Å²) in [5, 5.41) is 19.1. The summed E-state index contributed by atoms with van der Waals surface area (Å²) in [6.07, 6.45) is 1.68. The molecule has 1 atom stereocenters. The zero-order valence-electron chi connectivity index (χ0n) is 12.6. The van der Waals surface area contributed by atoms with E-state index in [2.05, 4.69) is 0 Å². The van der Waals surface area contributed by atoms with Crippen LogP contribution in [0.3, 0.4) is 0 Å². The van der Waals surface area contributed by atoms with Crippen molar-refractivity contribution in [3.63, 3.8) is 0 Å². The molecule has 1 saturated heterocycles. The normalized spacial score (nSPS) is 17.3. The lowest BCUT2D eigenvalue weighted by molar-refractivity contribution is 0.141. The Bertz CT molecular complexity index is 654. The van der Waals surface area contributed by atoms with E-state index < -0.39 is 7.12 Å². The highest BCUT2D eigenvalue weighted by Crippen LogP contribution is 2.21. The lowest BCUT2D eigenvalue weighted by Crippen LogP contribution is -2.30. The minimum absolute atomic E-state index is 0.137. The van der Waals surface area contributed by atoms with Crippen LogP contribution in [0.1, 0.15) is 17.5 Å². The molecule has 1 heterocycles. The summed E-state index contributed by atoms with van der Waals surface area (Å²) in [4.78, 5) is 0. The Morgan fingerprint density at radius 1 is 1.17 bits per heavy atom. The van der Waals surface area contributed by atoms with Crippen molar-refractivity contribution >= 4 is 24.2 Å². The maximum atomic E-state index is 9.26. The van der Waals surface area contributed by atoms with Crippen LogP contribution in [0.4, 0.5) is 0 Å². The molecule has 0 bridgehead atoms. The van der Waals surface area contributed by atoms with E-state index >= 15 is 0 Å². The maximum Gasteiger partial charge on any atom is 0.488 e. The van der Waals surface area contributed by atoms with Crippen molar-refractivity contribution in [2.24, 2.45) is 0 Å². The van der Waals surface area contributed by atoms with E-state index in [0.717, 1.165) is 29.9 Å². The van der Waals surface area contributed by atoms with Gasteiger partial charge < -0.3 is 19.5 Å². The van der Waals surface area contributed by atoms with E-state index in [9.17, 15) is 10.0 Å². The molecule has 0 saturated carbocycles. The van der Waals surface area contributed by atoms with Gasteiger partial charge in [0.1, 0.15) is 11.9 Å². The summed E-state index contributed by atoms with van der Waals surface area (Å²) in [6, 6.07) is 12.9. The summed E-state index contributed by atoms with van der Waals surface area (Å²) in [5.41, 5.74) is 2.37. The lowest BCUT2D eigenvalue weighted by atomic mass is 9.79. The van der Waals surface area contributed by atoms with Crippen molar-refractivity contribution in [2.75, 3.05) is 13.2 Å². The molecule has 23 heavy (non-hydrogen) atoms. The summed E-state index contributed by atoms with van der Waals surface area (Å²) < 4.78 is 11.1. The largest absolute Gasteiger partial charge is 0.488 e. The zero-order chi connectivity index (χ0) is 16.2. The highest BCUT2D eigenvalue weighted by Gasteiger charge is 2.17. The number of rotatable bonds is 5. The second kappa shape index (κ2) is 7.36.